The zero-order valence-electron chi connectivity index (χ0n) is 9.89. The predicted octanol–water partition coefficient (Wildman–Crippen LogP) is 0.513. The first-order valence-corrected chi connectivity index (χ1v) is 6.26. The van der Waals surface area contributed by atoms with Crippen molar-refractivity contribution in [1.82, 2.24) is 9.88 Å². The maximum atomic E-state index is 12.1. The highest BCUT2D eigenvalue weighted by Gasteiger charge is 2.25. The molecule has 1 fully saturated rings. The molecule has 5 nitrogen and oxygen atoms in total. The highest BCUT2D eigenvalue weighted by molar-refractivity contribution is 7.80. The zero-order chi connectivity index (χ0) is 13.1. The second-order valence-corrected chi connectivity index (χ2v) is 4.87. The van der Waals surface area contributed by atoms with Gasteiger partial charge in [0.1, 0.15) is 5.69 Å². The van der Waals surface area contributed by atoms with E-state index < -0.39 is 0 Å². The smallest absolute Gasteiger partial charge is 0.270 e. The van der Waals surface area contributed by atoms with Crippen LogP contribution in [0.1, 0.15) is 23.3 Å². The van der Waals surface area contributed by atoms with Crippen LogP contribution < -0.4 is 11.3 Å². The van der Waals surface area contributed by atoms with Gasteiger partial charge in [-0.05, 0) is 18.9 Å². The van der Waals surface area contributed by atoms with Gasteiger partial charge in [0.15, 0.2) is 0 Å². The molecule has 0 bridgehead atoms. The molecule has 0 atom stereocenters. The van der Waals surface area contributed by atoms with Gasteiger partial charge in [-0.25, -0.2) is 0 Å². The molecular weight excluding hydrogens is 250 g/mol. The second-order valence-electron chi connectivity index (χ2n) is 4.40. The van der Waals surface area contributed by atoms with Gasteiger partial charge in [-0.3, -0.25) is 9.59 Å². The van der Waals surface area contributed by atoms with Crippen molar-refractivity contribution in [2.24, 2.45) is 11.7 Å². The van der Waals surface area contributed by atoms with Crippen LogP contribution in [0.25, 0.3) is 0 Å². The molecule has 0 unspecified atom stereocenters. The van der Waals surface area contributed by atoms with Gasteiger partial charge < -0.3 is 15.6 Å². The van der Waals surface area contributed by atoms with Gasteiger partial charge in [0.2, 0.25) is 5.56 Å². The molecule has 1 aliphatic heterocycles. The number of hydrogen-bond acceptors (Lipinski definition) is 3. The molecule has 0 aliphatic carbocycles. The minimum absolute atomic E-state index is 0.144. The van der Waals surface area contributed by atoms with Crippen LogP contribution in [-0.2, 0) is 0 Å². The number of aromatic nitrogens is 1. The van der Waals surface area contributed by atoms with Crippen molar-refractivity contribution in [3.05, 3.63) is 34.2 Å². The number of H-pyrrole nitrogens is 1. The van der Waals surface area contributed by atoms with Crippen molar-refractivity contribution in [2.75, 3.05) is 13.1 Å². The molecular formula is C12H15N3O2S. The quantitative estimate of drug-likeness (QED) is 0.764. The minimum Gasteiger partial charge on any atom is -0.393 e. The molecule has 2 rings (SSSR count). The van der Waals surface area contributed by atoms with E-state index in [2.05, 4.69) is 4.98 Å². The Morgan fingerprint density at radius 1 is 1.39 bits per heavy atom. The molecule has 3 N–H and O–H groups in total. The number of aromatic amines is 1. The number of nitrogens with two attached hydrogens (primary N) is 1. The van der Waals surface area contributed by atoms with Gasteiger partial charge in [0.25, 0.3) is 5.91 Å². The maximum absolute atomic E-state index is 12.1. The van der Waals surface area contributed by atoms with Gasteiger partial charge in [0, 0.05) is 25.1 Å². The zero-order valence-corrected chi connectivity index (χ0v) is 10.7. The standard InChI is InChI=1S/C12H15N3O2S/c13-11(18)8-4-6-15(7-5-8)12(17)9-2-1-3-10(16)14-9/h1-3,8H,4-7H2,(H2,13,18)(H,14,16). The summed E-state index contributed by atoms with van der Waals surface area (Å²) in [6.45, 7) is 1.25. The van der Waals surface area contributed by atoms with Crippen LogP contribution in [-0.4, -0.2) is 33.9 Å². The van der Waals surface area contributed by atoms with Crippen molar-refractivity contribution in [1.29, 1.82) is 0 Å². The Labute approximate surface area is 110 Å². The molecule has 96 valence electrons. The fourth-order valence-corrected chi connectivity index (χ4v) is 2.35. The molecule has 0 saturated carbocycles. The van der Waals surface area contributed by atoms with Gasteiger partial charge >= 0.3 is 0 Å². The van der Waals surface area contributed by atoms with E-state index in [1.54, 1.807) is 17.0 Å². The van der Waals surface area contributed by atoms with E-state index in [1.807, 2.05) is 0 Å². The fourth-order valence-electron chi connectivity index (χ4n) is 2.11. The van der Waals surface area contributed by atoms with Crippen LogP contribution in [0.3, 0.4) is 0 Å². The molecule has 1 aliphatic rings. The Morgan fingerprint density at radius 2 is 2.06 bits per heavy atom. The molecule has 2 heterocycles. The first kappa shape index (κ1) is 12.8. The van der Waals surface area contributed by atoms with Crippen molar-refractivity contribution in [3.63, 3.8) is 0 Å². The van der Waals surface area contributed by atoms with E-state index in [4.69, 9.17) is 18.0 Å². The van der Waals surface area contributed by atoms with E-state index in [0.717, 1.165) is 12.8 Å². The van der Waals surface area contributed by atoms with Gasteiger partial charge in [-0.2, -0.15) is 0 Å². The second kappa shape index (κ2) is 5.30. The van der Waals surface area contributed by atoms with Gasteiger partial charge in [0.05, 0.1) is 4.99 Å². The molecule has 1 saturated heterocycles. The number of likely N-dealkylation sites (tertiary alicyclic amines) is 1. The Balaban J connectivity index is 2.04. The molecule has 0 spiro atoms. The van der Waals surface area contributed by atoms with Gasteiger partial charge in [-0.15, -0.1) is 0 Å². The molecule has 1 aromatic heterocycles. The number of carbonyl (C=O) groups is 1. The Hall–Kier alpha value is -1.69. The highest BCUT2D eigenvalue weighted by Crippen LogP contribution is 2.18. The number of carbonyl (C=O) groups excluding carboxylic acids is 1. The molecule has 0 aromatic carbocycles. The predicted molar refractivity (Wildman–Crippen MR) is 72.5 cm³/mol. The molecule has 18 heavy (non-hydrogen) atoms. The summed E-state index contributed by atoms with van der Waals surface area (Å²) in [5, 5.41) is 0. The number of nitrogens with zero attached hydrogens (tertiary/aromatic N) is 1. The third-order valence-electron chi connectivity index (χ3n) is 3.18. The van der Waals surface area contributed by atoms with E-state index in [1.165, 1.54) is 6.07 Å². The normalized spacial score (nSPS) is 16.6. The SMILES string of the molecule is NC(=S)C1CCN(C(=O)c2cccc(=O)[nH]2)CC1. The van der Waals surface area contributed by atoms with E-state index >= 15 is 0 Å². The summed E-state index contributed by atoms with van der Waals surface area (Å²) in [6.07, 6.45) is 1.58. The maximum Gasteiger partial charge on any atom is 0.270 e. The van der Waals surface area contributed by atoms with E-state index in [9.17, 15) is 9.59 Å². The average molecular weight is 265 g/mol. The lowest BCUT2D eigenvalue weighted by Crippen LogP contribution is -2.41. The summed E-state index contributed by atoms with van der Waals surface area (Å²) < 4.78 is 0. The lowest BCUT2D eigenvalue weighted by molar-refractivity contribution is 0.0704. The fraction of sp³-hybridized carbons (Fsp3) is 0.417. The lowest BCUT2D eigenvalue weighted by Gasteiger charge is -2.31. The molecule has 1 amide bonds. The summed E-state index contributed by atoms with van der Waals surface area (Å²) >= 11 is 4.96. The van der Waals surface area contributed by atoms with Crippen LogP contribution >= 0.6 is 12.2 Å². The summed E-state index contributed by atoms with van der Waals surface area (Å²) in [5.41, 5.74) is 5.67. The summed E-state index contributed by atoms with van der Waals surface area (Å²) in [4.78, 5) is 28.1. The van der Waals surface area contributed by atoms with E-state index in [-0.39, 0.29) is 17.4 Å². The molecule has 0 radical (unpaired) electrons. The summed E-state index contributed by atoms with van der Waals surface area (Å²) in [6, 6.07) is 4.58. The first-order chi connectivity index (χ1) is 8.58. The number of nitrogens with one attached hydrogen (secondary N) is 1. The van der Waals surface area contributed by atoms with Crippen LogP contribution in [0.4, 0.5) is 0 Å². The van der Waals surface area contributed by atoms with Crippen LogP contribution in [0.2, 0.25) is 0 Å². The Morgan fingerprint density at radius 3 is 2.61 bits per heavy atom. The first-order valence-electron chi connectivity index (χ1n) is 5.86. The third-order valence-corrected chi connectivity index (χ3v) is 3.52. The lowest BCUT2D eigenvalue weighted by atomic mass is 9.97. The largest absolute Gasteiger partial charge is 0.393 e. The summed E-state index contributed by atoms with van der Waals surface area (Å²) in [7, 11) is 0. The van der Waals surface area contributed by atoms with Crippen LogP contribution in [0, 0.1) is 5.92 Å². The third kappa shape index (κ3) is 2.76. The average Bonchev–Trinajstić information content (AvgIpc) is 2.38. The van der Waals surface area contributed by atoms with E-state index in [0.29, 0.717) is 23.8 Å². The van der Waals surface area contributed by atoms with Crippen LogP contribution in [0.15, 0.2) is 23.0 Å². The number of piperidine rings is 1. The van der Waals surface area contributed by atoms with Gasteiger partial charge in [-0.1, -0.05) is 18.3 Å². The summed E-state index contributed by atoms with van der Waals surface area (Å²) in [5.74, 6) is 0.0768. The molecule has 6 heteroatoms. The van der Waals surface area contributed by atoms with Crippen molar-refractivity contribution >= 4 is 23.1 Å². The minimum atomic E-state index is -0.265. The number of hydrogen-bond donors (Lipinski definition) is 2. The number of thiocarbonyl (C=S) groups is 1. The Kier molecular flexibility index (Phi) is 3.76. The van der Waals surface area contributed by atoms with Crippen LogP contribution in [0.5, 0.6) is 0 Å². The molecule has 1 aromatic rings. The Bertz CT molecular complexity index is 518. The number of pyridine rings is 1. The number of amides is 1. The van der Waals surface area contributed by atoms with Crippen molar-refractivity contribution < 1.29 is 4.79 Å². The topological polar surface area (TPSA) is 79.2 Å². The van der Waals surface area contributed by atoms with Crippen molar-refractivity contribution in [2.45, 2.75) is 12.8 Å². The monoisotopic (exact) mass is 265 g/mol. The highest BCUT2D eigenvalue weighted by atomic mass is 32.1. The van der Waals surface area contributed by atoms with Crippen molar-refractivity contribution in [3.8, 4) is 0 Å². The number of rotatable bonds is 2.